The SMILES string of the molecule is O=c1ccc2c([nH]1)CCCC2NC1CC1c1ccccc1. The van der Waals surface area contributed by atoms with Gasteiger partial charge in [-0.15, -0.1) is 0 Å². The molecule has 108 valence electrons. The van der Waals surface area contributed by atoms with Gasteiger partial charge in [0, 0.05) is 29.8 Å². The lowest BCUT2D eigenvalue weighted by molar-refractivity contribution is 0.448. The van der Waals surface area contributed by atoms with Crippen molar-refractivity contribution >= 4 is 0 Å². The summed E-state index contributed by atoms with van der Waals surface area (Å²) in [6.07, 6.45) is 4.53. The fraction of sp³-hybridized carbons (Fsp3) is 0.389. The molecule has 21 heavy (non-hydrogen) atoms. The van der Waals surface area contributed by atoms with Gasteiger partial charge in [0.05, 0.1) is 0 Å². The van der Waals surface area contributed by atoms with Crippen molar-refractivity contribution in [2.24, 2.45) is 0 Å². The van der Waals surface area contributed by atoms with Crippen LogP contribution in [0.2, 0.25) is 0 Å². The van der Waals surface area contributed by atoms with Crippen LogP contribution in [0.25, 0.3) is 0 Å². The Bertz CT molecular complexity index is 692. The molecule has 0 spiro atoms. The van der Waals surface area contributed by atoms with E-state index in [2.05, 4.69) is 40.6 Å². The topological polar surface area (TPSA) is 44.9 Å². The predicted octanol–water partition coefficient (Wildman–Crippen LogP) is 2.90. The number of fused-ring (bicyclic) bond motifs is 1. The van der Waals surface area contributed by atoms with Crippen LogP contribution in [0.15, 0.2) is 47.3 Å². The van der Waals surface area contributed by atoms with Gasteiger partial charge in [-0.1, -0.05) is 36.4 Å². The molecule has 3 unspecified atom stereocenters. The van der Waals surface area contributed by atoms with E-state index in [0.717, 1.165) is 25.0 Å². The van der Waals surface area contributed by atoms with Gasteiger partial charge in [-0.2, -0.15) is 0 Å². The van der Waals surface area contributed by atoms with Crippen molar-refractivity contribution in [2.75, 3.05) is 0 Å². The van der Waals surface area contributed by atoms with Crippen molar-refractivity contribution in [3.05, 3.63) is 69.6 Å². The van der Waals surface area contributed by atoms with Crippen LogP contribution in [-0.4, -0.2) is 11.0 Å². The first-order chi connectivity index (χ1) is 10.3. The molecule has 2 aliphatic rings. The number of H-pyrrole nitrogens is 1. The van der Waals surface area contributed by atoms with Gasteiger partial charge in [-0.05, 0) is 36.8 Å². The molecule has 0 radical (unpaired) electrons. The smallest absolute Gasteiger partial charge is 0.248 e. The Balaban J connectivity index is 1.49. The number of hydrogen-bond acceptors (Lipinski definition) is 2. The Labute approximate surface area is 124 Å². The summed E-state index contributed by atoms with van der Waals surface area (Å²) in [6.45, 7) is 0. The zero-order valence-corrected chi connectivity index (χ0v) is 12.0. The Kier molecular flexibility index (Phi) is 3.15. The first kappa shape index (κ1) is 12.8. The summed E-state index contributed by atoms with van der Waals surface area (Å²) in [5.74, 6) is 0.652. The summed E-state index contributed by atoms with van der Waals surface area (Å²) in [5, 5.41) is 3.79. The number of hydrogen-bond donors (Lipinski definition) is 2. The molecule has 0 aliphatic heterocycles. The van der Waals surface area contributed by atoms with Crippen molar-refractivity contribution in [1.82, 2.24) is 10.3 Å². The number of benzene rings is 1. The van der Waals surface area contributed by atoms with Gasteiger partial charge in [0.2, 0.25) is 5.56 Å². The number of pyridine rings is 1. The Morgan fingerprint density at radius 2 is 1.95 bits per heavy atom. The van der Waals surface area contributed by atoms with E-state index in [1.54, 1.807) is 6.07 Å². The third-order valence-corrected chi connectivity index (χ3v) is 4.77. The van der Waals surface area contributed by atoms with Crippen LogP contribution >= 0.6 is 0 Å². The maximum atomic E-state index is 11.4. The molecular formula is C18H20N2O. The second kappa shape index (κ2) is 5.15. The number of aryl methyl sites for hydroxylation is 1. The highest BCUT2D eigenvalue weighted by atomic mass is 16.1. The molecule has 3 atom stereocenters. The van der Waals surface area contributed by atoms with E-state index < -0.39 is 0 Å². The molecule has 0 bridgehead atoms. The zero-order valence-electron chi connectivity index (χ0n) is 12.0. The number of nitrogens with one attached hydrogen (secondary N) is 2. The normalized spacial score (nSPS) is 27.1. The van der Waals surface area contributed by atoms with E-state index in [9.17, 15) is 4.79 Å². The molecule has 1 saturated carbocycles. The quantitative estimate of drug-likeness (QED) is 0.908. The molecule has 1 aromatic carbocycles. The maximum Gasteiger partial charge on any atom is 0.248 e. The molecule has 1 aromatic heterocycles. The van der Waals surface area contributed by atoms with Crippen LogP contribution in [0, 0.1) is 0 Å². The molecule has 0 saturated heterocycles. The van der Waals surface area contributed by atoms with Gasteiger partial charge in [0.1, 0.15) is 0 Å². The van der Waals surface area contributed by atoms with Crippen molar-refractivity contribution in [3.8, 4) is 0 Å². The average molecular weight is 280 g/mol. The first-order valence-corrected chi connectivity index (χ1v) is 7.84. The fourth-order valence-corrected chi connectivity index (χ4v) is 3.58. The maximum absolute atomic E-state index is 11.4. The molecule has 1 heterocycles. The van der Waals surface area contributed by atoms with Crippen LogP contribution in [0.3, 0.4) is 0 Å². The van der Waals surface area contributed by atoms with Crippen molar-refractivity contribution in [3.63, 3.8) is 0 Å². The molecule has 0 amide bonds. The van der Waals surface area contributed by atoms with E-state index in [1.807, 2.05) is 6.07 Å². The Morgan fingerprint density at radius 3 is 2.81 bits per heavy atom. The molecular weight excluding hydrogens is 260 g/mol. The third kappa shape index (κ3) is 2.54. The van der Waals surface area contributed by atoms with E-state index >= 15 is 0 Å². The summed E-state index contributed by atoms with van der Waals surface area (Å²) < 4.78 is 0. The number of aromatic amines is 1. The summed E-state index contributed by atoms with van der Waals surface area (Å²) in [7, 11) is 0. The highest BCUT2D eigenvalue weighted by Gasteiger charge is 2.40. The van der Waals surface area contributed by atoms with E-state index in [4.69, 9.17) is 0 Å². The van der Waals surface area contributed by atoms with E-state index in [1.165, 1.54) is 17.5 Å². The van der Waals surface area contributed by atoms with Gasteiger partial charge in [0.15, 0.2) is 0 Å². The molecule has 1 fully saturated rings. The van der Waals surface area contributed by atoms with Crippen molar-refractivity contribution in [2.45, 2.75) is 43.7 Å². The van der Waals surface area contributed by atoms with Crippen molar-refractivity contribution in [1.29, 1.82) is 0 Å². The summed E-state index contributed by atoms with van der Waals surface area (Å²) in [6, 6.07) is 15.4. The van der Waals surface area contributed by atoms with Gasteiger partial charge >= 0.3 is 0 Å². The van der Waals surface area contributed by atoms with Crippen molar-refractivity contribution < 1.29 is 0 Å². The summed E-state index contributed by atoms with van der Waals surface area (Å²) in [5.41, 5.74) is 3.87. The minimum atomic E-state index is 0.0167. The Morgan fingerprint density at radius 1 is 1.10 bits per heavy atom. The zero-order chi connectivity index (χ0) is 14.2. The molecule has 3 heteroatoms. The molecule has 2 N–H and O–H groups in total. The summed E-state index contributed by atoms with van der Waals surface area (Å²) in [4.78, 5) is 14.4. The molecule has 3 nitrogen and oxygen atoms in total. The van der Waals surface area contributed by atoms with Gasteiger partial charge in [-0.25, -0.2) is 0 Å². The highest BCUT2D eigenvalue weighted by molar-refractivity contribution is 5.30. The second-order valence-electron chi connectivity index (χ2n) is 6.23. The number of aromatic nitrogens is 1. The lowest BCUT2D eigenvalue weighted by atomic mass is 9.91. The Hall–Kier alpha value is -1.87. The van der Waals surface area contributed by atoms with Gasteiger partial charge < -0.3 is 10.3 Å². The standard InChI is InChI=1S/C18H20N2O/c21-18-10-9-13-15(7-4-8-16(13)20-18)19-17-11-14(17)12-5-2-1-3-6-12/h1-3,5-6,9-10,14-15,17,19H,4,7-8,11H2,(H,20,21). The van der Waals surface area contributed by atoms with Gasteiger partial charge in [0.25, 0.3) is 0 Å². The number of rotatable bonds is 3. The molecule has 4 rings (SSSR count). The van der Waals surface area contributed by atoms with Crippen LogP contribution in [-0.2, 0) is 6.42 Å². The van der Waals surface area contributed by atoms with E-state index in [-0.39, 0.29) is 5.56 Å². The predicted molar refractivity (Wildman–Crippen MR) is 83.5 cm³/mol. The first-order valence-electron chi connectivity index (χ1n) is 7.84. The van der Waals surface area contributed by atoms with Crippen LogP contribution in [0.1, 0.15) is 48.0 Å². The lowest BCUT2D eigenvalue weighted by Crippen LogP contribution is -2.29. The minimum Gasteiger partial charge on any atom is -0.326 e. The summed E-state index contributed by atoms with van der Waals surface area (Å²) >= 11 is 0. The van der Waals surface area contributed by atoms with Crippen LogP contribution in [0.5, 0.6) is 0 Å². The third-order valence-electron chi connectivity index (χ3n) is 4.77. The molecule has 2 aliphatic carbocycles. The second-order valence-corrected chi connectivity index (χ2v) is 6.23. The van der Waals surface area contributed by atoms with Gasteiger partial charge in [-0.3, -0.25) is 4.79 Å². The monoisotopic (exact) mass is 280 g/mol. The minimum absolute atomic E-state index is 0.0167. The van der Waals surface area contributed by atoms with Crippen LogP contribution in [0.4, 0.5) is 0 Å². The molecule has 2 aromatic rings. The largest absolute Gasteiger partial charge is 0.326 e. The average Bonchev–Trinajstić information content (AvgIpc) is 3.27. The van der Waals surface area contributed by atoms with Crippen LogP contribution < -0.4 is 10.9 Å². The fourth-order valence-electron chi connectivity index (χ4n) is 3.58. The van der Waals surface area contributed by atoms with E-state index in [0.29, 0.717) is 18.0 Å². The lowest BCUT2D eigenvalue weighted by Gasteiger charge is -2.26. The highest BCUT2D eigenvalue weighted by Crippen LogP contribution is 2.43.